The molecule has 0 bridgehead atoms. The highest BCUT2D eigenvalue weighted by Crippen LogP contribution is 2.29. The summed E-state index contributed by atoms with van der Waals surface area (Å²) in [7, 11) is 0. The minimum atomic E-state index is -0.237. The van der Waals surface area contributed by atoms with Gasteiger partial charge < -0.3 is 10.7 Å². The molecule has 1 unspecified atom stereocenters. The molecule has 5 heteroatoms. The van der Waals surface area contributed by atoms with Gasteiger partial charge in [-0.1, -0.05) is 18.2 Å². The Bertz CT molecular complexity index is 734. The molecule has 3 N–H and O–H groups in total. The van der Waals surface area contributed by atoms with Crippen LogP contribution in [0.1, 0.15) is 12.5 Å². The largest absolute Gasteiger partial charge is 0.333 e. The molecular weight excluding hydrogens is 285 g/mol. The monoisotopic (exact) mass is 301 g/mol. The van der Waals surface area contributed by atoms with Gasteiger partial charge in [0, 0.05) is 6.04 Å². The van der Waals surface area contributed by atoms with Crippen molar-refractivity contribution in [1.29, 1.82) is 0 Å². The molecule has 0 aliphatic heterocycles. The molecule has 0 aliphatic carbocycles. The first-order valence-electron chi connectivity index (χ1n) is 6.78. The number of aromatic nitrogens is 2. The smallest absolute Gasteiger partial charge is 0.171 e. The van der Waals surface area contributed by atoms with E-state index in [1.807, 2.05) is 37.3 Å². The normalized spacial score (nSPS) is 12.7. The summed E-state index contributed by atoms with van der Waals surface area (Å²) < 4.78 is 14.1. The molecule has 2 aromatic carbocycles. The summed E-state index contributed by atoms with van der Waals surface area (Å²) in [5.74, 6) is -0.237. The maximum atomic E-state index is 14.1. The van der Waals surface area contributed by atoms with Gasteiger partial charge in [0.05, 0.1) is 15.9 Å². The van der Waals surface area contributed by atoms with Crippen molar-refractivity contribution in [2.75, 3.05) is 0 Å². The number of para-hydroxylation sites is 2. The van der Waals surface area contributed by atoms with Crippen molar-refractivity contribution in [3.63, 3.8) is 0 Å². The van der Waals surface area contributed by atoms with Crippen LogP contribution in [0.2, 0.25) is 0 Å². The molecule has 3 rings (SSSR count). The van der Waals surface area contributed by atoms with Crippen molar-refractivity contribution >= 4 is 22.8 Å². The fourth-order valence-electron chi connectivity index (χ4n) is 2.21. The van der Waals surface area contributed by atoms with E-state index in [0.717, 1.165) is 16.6 Å². The van der Waals surface area contributed by atoms with Crippen molar-refractivity contribution in [1.82, 2.24) is 9.97 Å². The molecule has 108 valence electrons. The number of halogens is 1. The Morgan fingerprint density at radius 1 is 1.29 bits per heavy atom. The Hall–Kier alpha value is -1.85. The molecule has 1 atom stereocenters. The number of aromatic amines is 1. The minimum Gasteiger partial charge on any atom is -0.333 e. The molecule has 21 heavy (non-hydrogen) atoms. The van der Waals surface area contributed by atoms with Crippen LogP contribution in [-0.4, -0.2) is 16.0 Å². The number of nitrogens with one attached hydrogen (secondary N) is 1. The standard InChI is InChI=1S/C16H16FN3S/c1-10(18)8-11-6-7-15(12(17)9-11)21-16-19-13-4-2-3-5-14(13)20-16/h2-7,9-10H,8,18H2,1H3,(H,19,20). The molecule has 0 saturated heterocycles. The topological polar surface area (TPSA) is 54.7 Å². The molecule has 3 nitrogen and oxygen atoms in total. The average Bonchev–Trinajstić information content (AvgIpc) is 2.83. The Morgan fingerprint density at radius 3 is 2.81 bits per heavy atom. The van der Waals surface area contributed by atoms with Crippen molar-refractivity contribution in [3.8, 4) is 0 Å². The van der Waals surface area contributed by atoms with E-state index >= 15 is 0 Å². The Kier molecular flexibility index (Phi) is 3.94. The van der Waals surface area contributed by atoms with E-state index in [-0.39, 0.29) is 11.9 Å². The summed E-state index contributed by atoms with van der Waals surface area (Å²) >= 11 is 1.29. The maximum absolute atomic E-state index is 14.1. The summed E-state index contributed by atoms with van der Waals surface area (Å²) in [6.45, 7) is 1.91. The van der Waals surface area contributed by atoms with Crippen LogP contribution in [0.25, 0.3) is 11.0 Å². The van der Waals surface area contributed by atoms with Crippen LogP contribution in [0.3, 0.4) is 0 Å². The number of benzene rings is 2. The van der Waals surface area contributed by atoms with Crippen molar-refractivity contribution in [2.24, 2.45) is 5.73 Å². The summed E-state index contributed by atoms with van der Waals surface area (Å²) in [4.78, 5) is 8.18. The van der Waals surface area contributed by atoms with E-state index in [4.69, 9.17) is 5.73 Å². The summed E-state index contributed by atoms with van der Waals surface area (Å²) in [6.07, 6.45) is 0.673. The predicted molar refractivity (Wildman–Crippen MR) is 84.0 cm³/mol. The number of hydrogen-bond acceptors (Lipinski definition) is 3. The molecule has 0 spiro atoms. The highest BCUT2D eigenvalue weighted by atomic mass is 32.2. The zero-order valence-corrected chi connectivity index (χ0v) is 12.5. The second-order valence-electron chi connectivity index (χ2n) is 5.11. The summed E-state index contributed by atoms with van der Waals surface area (Å²) in [5.41, 5.74) is 8.49. The van der Waals surface area contributed by atoms with Gasteiger partial charge in [-0.2, -0.15) is 0 Å². The van der Waals surface area contributed by atoms with Crippen LogP contribution >= 0.6 is 11.8 Å². The lowest BCUT2D eigenvalue weighted by Crippen LogP contribution is -2.17. The van der Waals surface area contributed by atoms with E-state index in [1.54, 1.807) is 12.1 Å². The Morgan fingerprint density at radius 2 is 2.10 bits per heavy atom. The number of rotatable bonds is 4. The first-order chi connectivity index (χ1) is 10.1. The van der Waals surface area contributed by atoms with Gasteiger partial charge in [0.25, 0.3) is 0 Å². The number of H-pyrrole nitrogens is 1. The second kappa shape index (κ2) is 5.87. The van der Waals surface area contributed by atoms with Gasteiger partial charge in [0.2, 0.25) is 0 Å². The third-order valence-electron chi connectivity index (χ3n) is 3.13. The lowest BCUT2D eigenvalue weighted by Gasteiger charge is -2.07. The first-order valence-corrected chi connectivity index (χ1v) is 7.60. The van der Waals surface area contributed by atoms with Gasteiger partial charge in [-0.05, 0) is 54.9 Å². The lowest BCUT2D eigenvalue weighted by molar-refractivity contribution is 0.597. The maximum Gasteiger partial charge on any atom is 0.171 e. The van der Waals surface area contributed by atoms with Gasteiger partial charge >= 0.3 is 0 Å². The van der Waals surface area contributed by atoms with Gasteiger partial charge in [0.15, 0.2) is 5.16 Å². The number of imidazole rings is 1. The molecule has 0 radical (unpaired) electrons. The third kappa shape index (κ3) is 3.25. The van der Waals surface area contributed by atoms with Crippen LogP contribution < -0.4 is 5.73 Å². The molecule has 1 aromatic heterocycles. The molecule has 0 amide bonds. The average molecular weight is 301 g/mol. The van der Waals surface area contributed by atoms with E-state index in [9.17, 15) is 4.39 Å². The lowest BCUT2D eigenvalue weighted by atomic mass is 10.1. The van der Waals surface area contributed by atoms with Crippen LogP contribution in [0.15, 0.2) is 52.5 Å². The summed E-state index contributed by atoms with van der Waals surface area (Å²) in [5, 5.41) is 0.690. The van der Waals surface area contributed by atoms with Crippen LogP contribution in [0.4, 0.5) is 4.39 Å². The van der Waals surface area contributed by atoms with Crippen molar-refractivity contribution in [3.05, 3.63) is 53.8 Å². The van der Waals surface area contributed by atoms with E-state index in [1.165, 1.54) is 11.8 Å². The fourth-order valence-corrected chi connectivity index (χ4v) is 3.01. The molecule has 3 aromatic rings. The first kappa shape index (κ1) is 14.1. The van der Waals surface area contributed by atoms with Crippen LogP contribution in [0, 0.1) is 5.82 Å². The molecule has 0 aliphatic rings. The number of nitrogens with zero attached hydrogens (tertiary/aromatic N) is 1. The van der Waals surface area contributed by atoms with Crippen LogP contribution in [0.5, 0.6) is 0 Å². The Labute approximate surface area is 126 Å². The zero-order chi connectivity index (χ0) is 14.8. The fraction of sp³-hybridized carbons (Fsp3) is 0.188. The second-order valence-corrected chi connectivity index (χ2v) is 6.14. The third-order valence-corrected chi connectivity index (χ3v) is 4.07. The highest BCUT2D eigenvalue weighted by Gasteiger charge is 2.09. The molecule has 1 heterocycles. The number of fused-ring (bicyclic) bond motifs is 1. The quantitative estimate of drug-likeness (QED) is 0.772. The summed E-state index contributed by atoms with van der Waals surface area (Å²) in [6, 6.07) is 13.0. The van der Waals surface area contributed by atoms with E-state index in [2.05, 4.69) is 9.97 Å². The molecule has 0 saturated carbocycles. The molecular formula is C16H16FN3S. The number of nitrogens with two attached hydrogens (primary N) is 1. The Balaban J connectivity index is 1.84. The SMILES string of the molecule is CC(N)Cc1ccc(Sc2nc3ccccc3[nH]2)c(F)c1. The van der Waals surface area contributed by atoms with Gasteiger partial charge in [0.1, 0.15) is 5.82 Å². The van der Waals surface area contributed by atoms with Crippen molar-refractivity contribution < 1.29 is 4.39 Å². The van der Waals surface area contributed by atoms with E-state index < -0.39 is 0 Å². The number of hydrogen-bond donors (Lipinski definition) is 2. The van der Waals surface area contributed by atoms with Crippen LogP contribution in [-0.2, 0) is 6.42 Å². The van der Waals surface area contributed by atoms with Gasteiger partial charge in [-0.15, -0.1) is 0 Å². The molecule has 0 fully saturated rings. The van der Waals surface area contributed by atoms with Gasteiger partial charge in [-0.25, -0.2) is 9.37 Å². The van der Waals surface area contributed by atoms with Crippen molar-refractivity contribution in [2.45, 2.75) is 29.4 Å². The van der Waals surface area contributed by atoms with Gasteiger partial charge in [-0.3, -0.25) is 0 Å². The highest BCUT2D eigenvalue weighted by molar-refractivity contribution is 7.99. The minimum absolute atomic E-state index is 0.0262. The van der Waals surface area contributed by atoms with E-state index in [0.29, 0.717) is 16.5 Å². The predicted octanol–water partition coefficient (Wildman–Crippen LogP) is 3.74. The zero-order valence-electron chi connectivity index (χ0n) is 11.6.